The molecule has 0 spiro atoms. The molecule has 0 aliphatic rings. The van der Waals surface area contributed by atoms with Crippen LogP contribution in [0.1, 0.15) is 30.9 Å². The van der Waals surface area contributed by atoms with E-state index >= 15 is 0 Å². The predicted octanol–water partition coefficient (Wildman–Crippen LogP) is 1.24. The van der Waals surface area contributed by atoms with Crippen LogP contribution in [0.5, 0.6) is 0 Å². The highest BCUT2D eigenvalue weighted by Crippen LogP contribution is 2.17. The number of hydrogen-bond donors (Lipinski definition) is 2. The molecule has 0 amide bonds. The Hall–Kier alpha value is -1.72. The van der Waals surface area contributed by atoms with Crippen molar-refractivity contribution in [1.82, 2.24) is 20.0 Å². The second-order valence-electron chi connectivity index (χ2n) is 3.83. The van der Waals surface area contributed by atoms with Crippen molar-refractivity contribution >= 4 is 0 Å². The number of rotatable bonds is 5. The lowest BCUT2D eigenvalue weighted by molar-refractivity contribution is 0.536. The van der Waals surface area contributed by atoms with E-state index in [4.69, 9.17) is 5.84 Å². The van der Waals surface area contributed by atoms with E-state index in [2.05, 4.69) is 26.9 Å². The molecule has 2 aromatic rings. The molecule has 0 aliphatic heterocycles. The fourth-order valence-electron chi connectivity index (χ4n) is 1.85. The van der Waals surface area contributed by atoms with Crippen molar-refractivity contribution in [2.24, 2.45) is 5.84 Å². The maximum Gasteiger partial charge on any atom is 0.133 e. The summed E-state index contributed by atoms with van der Waals surface area (Å²) in [6.45, 7) is 3.07. The molecule has 0 saturated carbocycles. The topological polar surface area (TPSA) is 68.8 Å². The van der Waals surface area contributed by atoms with Gasteiger partial charge >= 0.3 is 0 Å². The van der Waals surface area contributed by atoms with E-state index in [-0.39, 0.29) is 6.04 Å². The van der Waals surface area contributed by atoms with Gasteiger partial charge in [0.25, 0.3) is 0 Å². The van der Waals surface area contributed by atoms with E-state index in [1.165, 1.54) is 0 Å². The van der Waals surface area contributed by atoms with Crippen LogP contribution in [-0.2, 0) is 6.54 Å². The maximum absolute atomic E-state index is 5.62. The van der Waals surface area contributed by atoms with Gasteiger partial charge in [-0.25, -0.2) is 10.4 Å². The third-order valence-corrected chi connectivity index (χ3v) is 2.62. The summed E-state index contributed by atoms with van der Waals surface area (Å²) in [6.07, 6.45) is 6.57. The van der Waals surface area contributed by atoms with E-state index < -0.39 is 0 Å². The molecule has 2 heterocycles. The second kappa shape index (κ2) is 5.56. The molecular weight excluding hydrogens is 214 g/mol. The van der Waals surface area contributed by atoms with Gasteiger partial charge in [0.1, 0.15) is 11.9 Å². The minimum atomic E-state index is -0.169. The summed E-state index contributed by atoms with van der Waals surface area (Å²) in [4.78, 5) is 8.67. The van der Waals surface area contributed by atoms with Gasteiger partial charge in [0.05, 0.1) is 5.69 Å². The SMILES string of the molecule is CCCn1ccnc1C(NN)c1ccccn1. The highest BCUT2D eigenvalue weighted by Gasteiger charge is 2.18. The third kappa shape index (κ3) is 2.51. The average Bonchev–Trinajstić information content (AvgIpc) is 2.81. The summed E-state index contributed by atoms with van der Waals surface area (Å²) in [5.74, 6) is 6.51. The molecule has 90 valence electrons. The van der Waals surface area contributed by atoms with Crippen molar-refractivity contribution < 1.29 is 0 Å². The highest BCUT2D eigenvalue weighted by molar-refractivity contribution is 5.17. The fourth-order valence-corrected chi connectivity index (χ4v) is 1.85. The Kier molecular flexibility index (Phi) is 3.85. The van der Waals surface area contributed by atoms with Crippen molar-refractivity contribution in [1.29, 1.82) is 0 Å². The molecule has 0 radical (unpaired) electrons. The lowest BCUT2D eigenvalue weighted by atomic mass is 10.2. The van der Waals surface area contributed by atoms with E-state index in [9.17, 15) is 0 Å². The number of nitrogens with two attached hydrogens (primary N) is 1. The number of imidazole rings is 1. The highest BCUT2D eigenvalue weighted by atomic mass is 15.3. The summed E-state index contributed by atoms with van der Waals surface area (Å²) in [5.41, 5.74) is 3.65. The Morgan fingerprint density at radius 1 is 1.35 bits per heavy atom. The Morgan fingerprint density at radius 3 is 2.88 bits per heavy atom. The number of nitrogens with zero attached hydrogens (tertiary/aromatic N) is 3. The molecule has 0 bridgehead atoms. The first-order valence-electron chi connectivity index (χ1n) is 5.75. The van der Waals surface area contributed by atoms with Crippen LogP contribution in [0.3, 0.4) is 0 Å². The predicted molar refractivity (Wildman–Crippen MR) is 65.9 cm³/mol. The summed E-state index contributed by atoms with van der Waals surface area (Å²) in [5, 5.41) is 0. The molecule has 5 nitrogen and oxygen atoms in total. The van der Waals surface area contributed by atoms with Crippen molar-refractivity contribution in [2.75, 3.05) is 0 Å². The zero-order chi connectivity index (χ0) is 12.1. The van der Waals surface area contributed by atoms with Crippen LogP contribution in [0.25, 0.3) is 0 Å². The molecule has 3 N–H and O–H groups in total. The van der Waals surface area contributed by atoms with Gasteiger partial charge in [-0.05, 0) is 18.6 Å². The largest absolute Gasteiger partial charge is 0.333 e. The van der Waals surface area contributed by atoms with Gasteiger partial charge in [-0.3, -0.25) is 10.8 Å². The number of hydrogen-bond acceptors (Lipinski definition) is 4. The van der Waals surface area contributed by atoms with Gasteiger partial charge in [-0.2, -0.15) is 0 Å². The monoisotopic (exact) mass is 231 g/mol. The lowest BCUT2D eigenvalue weighted by Gasteiger charge is -2.16. The van der Waals surface area contributed by atoms with Gasteiger partial charge in [0.2, 0.25) is 0 Å². The van der Waals surface area contributed by atoms with Crippen molar-refractivity contribution in [3.05, 3.63) is 48.3 Å². The summed E-state index contributed by atoms with van der Waals surface area (Å²) < 4.78 is 2.10. The maximum atomic E-state index is 5.62. The molecule has 0 fully saturated rings. The third-order valence-electron chi connectivity index (χ3n) is 2.62. The number of nitrogens with one attached hydrogen (secondary N) is 1. The molecule has 2 aromatic heterocycles. The van der Waals surface area contributed by atoms with Crippen LogP contribution in [0.15, 0.2) is 36.8 Å². The number of aromatic nitrogens is 3. The molecule has 1 atom stereocenters. The first kappa shape index (κ1) is 11.8. The van der Waals surface area contributed by atoms with Crippen LogP contribution in [0, 0.1) is 0 Å². The molecule has 5 heteroatoms. The van der Waals surface area contributed by atoms with Crippen LogP contribution >= 0.6 is 0 Å². The van der Waals surface area contributed by atoms with Crippen LogP contribution in [0.2, 0.25) is 0 Å². The fraction of sp³-hybridized carbons (Fsp3) is 0.333. The Labute approximate surface area is 101 Å². The van der Waals surface area contributed by atoms with Crippen LogP contribution in [-0.4, -0.2) is 14.5 Å². The Morgan fingerprint density at radius 2 is 2.24 bits per heavy atom. The van der Waals surface area contributed by atoms with Gasteiger partial charge in [0.15, 0.2) is 0 Å². The minimum absolute atomic E-state index is 0.169. The standard InChI is InChI=1S/C12H17N5/c1-2-8-17-9-7-15-12(17)11(16-13)10-5-3-4-6-14-10/h3-7,9,11,16H,2,8,13H2,1H3. The van der Waals surface area contributed by atoms with Crippen molar-refractivity contribution in [3.8, 4) is 0 Å². The number of aryl methyl sites for hydroxylation is 1. The summed E-state index contributed by atoms with van der Waals surface area (Å²) in [7, 11) is 0. The molecular formula is C12H17N5. The van der Waals surface area contributed by atoms with Gasteiger partial charge in [0, 0.05) is 25.1 Å². The molecule has 0 saturated heterocycles. The van der Waals surface area contributed by atoms with Crippen molar-refractivity contribution in [2.45, 2.75) is 25.9 Å². The second-order valence-corrected chi connectivity index (χ2v) is 3.83. The van der Waals surface area contributed by atoms with Gasteiger partial charge in [-0.1, -0.05) is 13.0 Å². The molecule has 0 aliphatic carbocycles. The summed E-state index contributed by atoms with van der Waals surface area (Å²) in [6, 6.07) is 5.60. The van der Waals surface area contributed by atoms with Crippen LogP contribution in [0.4, 0.5) is 0 Å². The molecule has 0 aromatic carbocycles. The molecule has 1 unspecified atom stereocenters. The van der Waals surface area contributed by atoms with E-state index in [0.29, 0.717) is 0 Å². The zero-order valence-corrected chi connectivity index (χ0v) is 9.87. The van der Waals surface area contributed by atoms with Gasteiger partial charge < -0.3 is 4.57 Å². The molecule has 17 heavy (non-hydrogen) atoms. The average molecular weight is 231 g/mol. The minimum Gasteiger partial charge on any atom is -0.333 e. The smallest absolute Gasteiger partial charge is 0.133 e. The summed E-state index contributed by atoms with van der Waals surface area (Å²) >= 11 is 0. The van der Waals surface area contributed by atoms with Crippen LogP contribution < -0.4 is 11.3 Å². The van der Waals surface area contributed by atoms with Crippen molar-refractivity contribution in [3.63, 3.8) is 0 Å². The van der Waals surface area contributed by atoms with E-state index in [0.717, 1.165) is 24.5 Å². The van der Waals surface area contributed by atoms with Gasteiger partial charge in [-0.15, -0.1) is 0 Å². The lowest BCUT2D eigenvalue weighted by Crippen LogP contribution is -2.31. The quantitative estimate of drug-likeness (QED) is 0.600. The Bertz CT molecular complexity index is 451. The first-order chi connectivity index (χ1) is 8.36. The Balaban J connectivity index is 2.32. The normalized spacial score (nSPS) is 12.6. The van der Waals surface area contributed by atoms with E-state index in [1.807, 2.05) is 24.4 Å². The number of pyridine rings is 1. The zero-order valence-electron chi connectivity index (χ0n) is 9.87. The van der Waals surface area contributed by atoms with E-state index in [1.54, 1.807) is 12.4 Å². The molecule has 2 rings (SSSR count). The number of hydrazine groups is 1. The first-order valence-corrected chi connectivity index (χ1v) is 5.75.